The highest BCUT2D eigenvalue weighted by molar-refractivity contribution is 6.30. The summed E-state index contributed by atoms with van der Waals surface area (Å²) in [7, 11) is 0. The molecule has 3 amide bonds. The fourth-order valence-corrected chi connectivity index (χ4v) is 4.79. The molecule has 0 aromatic heterocycles. The van der Waals surface area contributed by atoms with Crippen molar-refractivity contribution in [2.45, 2.75) is 39.8 Å². The summed E-state index contributed by atoms with van der Waals surface area (Å²) >= 11 is 6.11. The summed E-state index contributed by atoms with van der Waals surface area (Å²) in [5.74, 6) is 0.547. The van der Waals surface area contributed by atoms with E-state index in [0.717, 1.165) is 28.2 Å². The smallest absolute Gasteiger partial charge is 0.323 e. The SMILES string of the molecule is Cc1cc2c3c(c1)C1C(c4ccc(Cl)cc4)N=C(C(C)(C)C)N1C(=O)N3CC(=O)N2. The Labute approximate surface area is 180 Å². The highest BCUT2D eigenvalue weighted by Crippen LogP contribution is 2.53. The van der Waals surface area contributed by atoms with Gasteiger partial charge < -0.3 is 5.32 Å². The van der Waals surface area contributed by atoms with Gasteiger partial charge in [0.1, 0.15) is 18.4 Å². The fourth-order valence-electron chi connectivity index (χ4n) is 4.66. The van der Waals surface area contributed by atoms with Crippen molar-refractivity contribution in [2.24, 2.45) is 10.4 Å². The number of amidine groups is 1. The molecule has 0 aliphatic carbocycles. The van der Waals surface area contributed by atoms with E-state index in [-0.39, 0.29) is 36.0 Å². The third-order valence-corrected chi connectivity index (χ3v) is 6.09. The van der Waals surface area contributed by atoms with Gasteiger partial charge in [-0.3, -0.25) is 19.6 Å². The number of amides is 3. The lowest BCUT2D eigenvalue weighted by Gasteiger charge is -2.44. The number of aryl methyl sites for hydroxylation is 1. The van der Waals surface area contributed by atoms with Gasteiger partial charge in [0.2, 0.25) is 5.91 Å². The maximum atomic E-state index is 13.7. The lowest BCUT2D eigenvalue weighted by molar-refractivity contribution is -0.115. The molecular weight excluding hydrogens is 400 g/mol. The van der Waals surface area contributed by atoms with Crippen molar-refractivity contribution in [3.8, 4) is 0 Å². The molecule has 0 spiro atoms. The molecule has 5 rings (SSSR count). The second-order valence-electron chi connectivity index (χ2n) is 9.18. The number of hydrogen-bond donors (Lipinski definition) is 1. The standard InChI is InChI=1S/C23H23ClN4O2/c1-12-9-15-19-16(10-12)25-17(29)11-27(19)22(30)28-20(15)18(26-21(28)23(2,3)4)13-5-7-14(24)8-6-13/h5-10,18,20H,11H2,1-4H3,(H,25,29). The lowest BCUT2D eigenvalue weighted by Crippen LogP contribution is -2.56. The maximum absolute atomic E-state index is 13.7. The van der Waals surface area contributed by atoms with Gasteiger partial charge in [-0.25, -0.2) is 4.79 Å². The van der Waals surface area contributed by atoms with Crippen LogP contribution in [0, 0.1) is 12.3 Å². The van der Waals surface area contributed by atoms with Gasteiger partial charge in [0.05, 0.1) is 17.4 Å². The molecule has 0 saturated heterocycles. The van der Waals surface area contributed by atoms with Gasteiger partial charge >= 0.3 is 6.03 Å². The number of halogens is 1. The Hall–Kier alpha value is -2.86. The van der Waals surface area contributed by atoms with E-state index in [4.69, 9.17) is 16.6 Å². The summed E-state index contributed by atoms with van der Waals surface area (Å²) < 4.78 is 0. The van der Waals surface area contributed by atoms with Crippen molar-refractivity contribution in [3.63, 3.8) is 0 Å². The van der Waals surface area contributed by atoms with Crippen LogP contribution in [0.3, 0.4) is 0 Å². The van der Waals surface area contributed by atoms with Crippen LogP contribution < -0.4 is 10.2 Å². The number of rotatable bonds is 1. The topological polar surface area (TPSA) is 65.0 Å². The number of nitrogens with zero attached hydrogens (tertiary/aromatic N) is 3. The van der Waals surface area contributed by atoms with Crippen LogP contribution in [0.25, 0.3) is 0 Å². The molecule has 2 aromatic carbocycles. The Bertz CT molecular complexity index is 1120. The highest BCUT2D eigenvalue weighted by atomic mass is 35.5. The van der Waals surface area contributed by atoms with E-state index in [1.807, 2.05) is 37.3 Å². The first-order valence-electron chi connectivity index (χ1n) is 10.0. The Balaban J connectivity index is 1.76. The monoisotopic (exact) mass is 422 g/mol. The van der Waals surface area contributed by atoms with Crippen LogP contribution in [0.1, 0.15) is 49.5 Å². The van der Waals surface area contributed by atoms with Crippen molar-refractivity contribution in [1.82, 2.24) is 4.90 Å². The third-order valence-electron chi connectivity index (χ3n) is 5.83. The Kier molecular flexibility index (Phi) is 4.03. The van der Waals surface area contributed by atoms with Crippen molar-refractivity contribution in [1.29, 1.82) is 0 Å². The molecule has 7 heteroatoms. The number of nitrogens with one attached hydrogen (secondary N) is 1. The van der Waals surface area contributed by atoms with Crippen molar-refractivity contribution >= 4 is 40.7 Å². The number of hydrogen-bond acceptors (Lipinski definition) is 3. The molecule has 0 fully saturated rings. The summed E-state index contributed by atoms with van der Waals surface area (Å²) in [6.07, 6.45) is 0. The molecule has 2 unspecified atom stereocenters. The Morgan fingerprint density at radius 2 is 1.83 bits per heavy atom. The van der Waals surface area contributed by atoms with E-state index in [0.29, 0.717) is 10.7 Å². The zero-order chi connectivity index (χ0) is 21.4. The van der Waals surface area contributed by atoms with Gasteiger partial charge in [-0.15, -0.1) is 0 Å². The molecule has 30 heavy (non-hydrogen) atoms. The zero-order valence-corrected chi connectivity index (χ0v) is 18.1. The first-order chi connectivity index (χ1) is 14.1. The quantitative estimate of drug-likeness (QED) is 0.696. The van der Waals surface area contributed by atoms with E-state index in [9.17, 15) is 9.59 Å². The summed E-state index contributed by atoms with van der Waals surface area (Å²) in [6.45, 7) is 8.18. The van der Waals surface area contributed by atoms with E-state index in [1.165, 1.54) is 0 Å². The number of carbonyl (C=O) groups excluding carboxylic acids is 2. The van der Waals surface area contributed by atoms with Crippen molar-refractivity contribution < 1.29 is 9.59 Å². The maximum Gasteiger partial charge on any atom is 0.331 e. The predicted molar refractivity (Wildman–Crippen MR) is 118 cm³/mol. The van der Waals surface area contributed by atoms with Crippen LogP contribution in [0.4, 0.5) is 16.2 Å². The average Bonchev–Trinajstić information content (AvgIpc) is 3.07. The van der Waals surface area contributed by atoms with Crippen LogP contribution in [0.15, 0.2) is 41.4 Å². The van der Waals surface area contributed by atoms with Crippen LogP contribution in [0.2, 0.25) is 5.02 Å². The number of benzene rings is 2. The molecular formula is C23H23ClN4O2. The molecule has 6 nitrogen and oxygen atoms in total. The largest absolute Gasteiger partial charge is 0.331 e. The zero-order valence-electron chi connectivity index (χ0n) is 17.4. The van der Waals surface area contributed by atoms with E-state index in [2.05, 4.69) is 32.2 Å². The van der Waals surface area contributed by atoms with Crippen molar-refractivity contribution in [3.05, 3.63) is 58.1 Å². The molecule has 3 heterocycles. The lowest BCUT2D eigenvalue weighted by atomic mass is 9.87. The number of carbonyl (C=O) groups is 2. The van der Waals surface area contributed by atoms with Gasteiger partial charge in [-0.2, -0.15) is 0 Å². The molecule has 2 aromatic rings. The molecule has 2 atom stereocenters. The molecule has 3 aliphatic heterocycles. The van der Waals surface area contributed by atoms with Gasteiger partial charge in [0.25, 0.3) is 0 Å². The fraction of sp³-hybridized carbons (Fsp3) is 0.348. The first kappa shape index (κ1) is 19.1. The van der Waals surface area contributed by atoms with Crippen LogP contribution >= 0.6 is 11.6 Å². The highest BCUT2D eigenvalue weighted by Gasteiger charge is 2.52. The second-order valence-corrected chi connectivity index (χ2v) is 9.62. The minimum absolute atomic E-state index is 0.00808. The normalized spacial score (nSPS) is 22.5. The molecule has 154 valence electrons. The number of fused-ring (bicyclic) bond motifs is 2. The number of urea groups is 1. The van der Waals surface area contributed by atoms with Gasteiger partial charge in [-0.05, 0) is 36.2 Å². The van der Waals surface area contributed by atoms with Crippen molar-refractivity contribution in [2.75, 3.05) is 16.8 Å². The summed E-state index contributed by atoms with van der Waals surface area (Å²) in [5, 5.41) is 3.60. The summed E-state index contributed by atoms with van der Waals surface area (Å²) in [5.41, 5.74) is 4.18. The minimum Gasteiger partial charge on any atom is -0.323 e. The van der Waals surface area contributed by atoms with Crippen LogP contribution in [-0.4, -0.2) is 29.2 Å². The van der Waals surface area contributed by atoms with Gasteiger partial charge in [0, 0.05) is 16.0 Å². The number of anilines is 2. The van der Waals surface area contributed by atoms with E-state index >= 15 is 0 Å². The van der Waals surface area contributed by atoms with Gasteiger partial charge in [0.15, 0.2) is 0 Å². The van der Waals surface area contributed by atoms with E-state index in [1.54, 1.807) is 9.80 Å². The van der Waals surface area contributed by atoms with Crippen LogP contribution in [0.5, 0.6) is 0 Å². The summed E-state index contributed by atoms with van der Waals surface area (Å²) in [4.78, 5) is 34.4. The molecule has 0 radical (unpaired) electrons. The first-order valence-corrected chi connectivity index (χ1v) is 10.4. The van der Waals surface area contributed by atoms with E-state index < -0.39 is 0 Å². The summed E-state index contributed by atoms with van der Waals surface area (Å²) in [6, 6.07) is 11.0. The third kappa shape index (κ3) is 2.74. The molecule has 0 saturated carbocycles. The molecule has 3 aliphatic rings. The minimum atomic E-state index is -0.336. The predicted octanol–water partition coefficient (Wildman–Crippen LogP) is 5.08. The Morgan fingerprint density at radius 3 is 2.50 bits per heavy atom. The molecule has 0 bridgehead atoms. The van der Waals surface area contributed by atoms with Crippen LogP contribution in [-0.2, 0) is 4.79 Å². The average molecular weight is 423 g/mol. The Morgan fingerprint density at radius 1 is 1.13 bits per heavy atom. The second kappa shape index (κ2) is 6.32. The number of aliphatic imine (C=N–C) groups is 1. The van der Waals surface area contributed by atoms with Gasteiger partial charge in [-0.1, -0.05) is 50.6 Å². The molecule has 1 N–H and O–H groups in total.